The third-order valence-corrected chi connectivity index (χ3v) is 4.25. The van der Waals surface area contributed by atoms with Crippen LogP contribution in [0.25, 0.3) is 0 Å². The molecule has 1 saturated heterocycles. The van der Waals surface area contributed by atoms with Crippen molar-refractivity contribution >= 4 is 11.9 Å². The standard InChI is InChI=1S/C20H28O7/c1-5-9-13-14(11-15(24-7-3)18(23)19(13)25-8-4)20(10-6-2)26-16(21)12-17(22)27-20/h11,23H,5-10,12H2,1-4H3. The molecule has 0 saturated carbocycles. The van der Waals surface area contributed by atoms with E-state index < -0.39 is 24.1 Å². The van der Waals surface area contributed by atoms with E-state index in [0.29, 0.717) is 43.6 Å². The van der Waals surface area contributed by atoms with Crippen molar-refractivity contribution in [2.45, 2.75) is 65.6 Å². The van der Waals surface area contributed by atoms with Crippen molar-refractivity contribution in [2.24, 2.45) is 0 Å². The third-order valence-electron chi connectivity index (χ3n) is 4.25. The molecule has 0 aliphatic carbocycles. The maximum atomic E-state index is 12.1. The normalized spacial score (nSPS) is 15.9. The molecular formula is C20H28O7. The molecule has 1 aromatic rings. The Morgan fingerprint density at radius 1 is 1.04 bits per heavy atom. The van der Waals surface area contributed by atoms with Crippen LogP contribution in [0.2, 0.25) is 0 Å². The van der Waals surface area contributed by atoms with Crippen molar-refractivity contribution in [2.75, 3.05) is 13.2 Å². The van der Waals surface area contributed by atoms with E-state index in [4.69, 9.17) is 18.9 Å². The maximum absolute atomic E-state index is 12.1. The summed E-state index contributed by atoms with van der Waals surface area (Å²) in [5.41, 5.74) is 1.13. The SMILES string of the molecule is CCCc1c(C2(CCC)OC(=O)CC(=O)O2)cc(OCC)c(O)c1OCC. The molecule has 1 aliphatic rings. The number of cyclic esters (lactones) is 2. The Kier molecular flexibility index (Phi) is 6.93. The zero-order valence-corrected chi connectivity index (χ0v) is 16.4. The summed E-state index contributed by atoms with van der Waals surface area (Å²) in [4.78, 5) is 24.1. The Hall–Kier alpha value is -2.44. The number of benzene rings is 1. The molecule has 0 atom stereocenters. The summed E-state index contributed by atoms with van der Waals surface area (Å²) >= 11 is 0. The van der Waals surface area contributed by atoms with Gasteiger partial charge < -0.3 is 24.1 Å². The van der Waals surface area contributed by atoms with Gasteiger partial charge in [-0.15, -0.1) is 0 Å². The Morgan fingerprint density at radius 2 is 1.67 bits per heavy atom. The average Bonchev–Trinajstić information content (AvgIpc) is 2.60. The molecule has 1 N–H and O–H groups in total. The van der Waals surface area contributed by atoms with E-state index in [1.807, 2.05) is 20.8 Å². The summed E-state index contributed by atoms with van der Waals surface area (Å²) < 4.78 is 22.4. The summed E-state index contributed by atoms with van der Waals surface area (Å²) in [6.07, 6.45) is 1.79. The minimum Gasteiger partial charge on any atom is -0.502 e. The van der Waals surface area contributed by atoms with Gasteiger partial charge in [-0.25, -0.2) is 0 Å². The molecule has 0 amide bonds. The number of aromatic hydroxyl groups is 1. The van der Waals surface area contributed by atoms with Crippen LogP contribution in [0.15, 0.2) is 6.07 Å². The molecule has 1 aliphatic heterocycles. The molecule has 2 rings (SSSR count). The van der Waals surface area contributed by atoms with Crippen molar-refractivity contribution in [3.8, 4) is 17.2 Å². The Balaban J connectivity index is 2.76. The molecule has 7 heteroatoms. The van der Waals surface area contributed by atoms with Crippen LogP contribution in [0.4, 0.5) is 0 Å². The van der Waals surface area contributed by atoms with Gasteiger partial charge in [0.1, 0.15) is 6.42 Å². The van der Waals surface area contributed by atoms with Crippen LogP contribution in [-0.4, -0.2) is 30.3 Å². The van der Waals surface area contributed by atoms with Crippen LogP contribution in [0.1, 0.15) is 64.5 Å². The highest BCUT2D eigenvalue weighted by atomic mass is 16.7. The number of hydrogen-bond donors (Lipinski definition) is 1. The van der Waals surface area contributed by atoms with Crippen molar-refractivity contribution in [3.63, 3.8) is 0 Å². The zero-order valence-electron chi connectivity index (χ0n) is 16.4. The molecule has 1 heterocycles. The fourth-order valence-electron chi connectivity index (χ4n) is 3.32. The number of esters is 2. The van der Waals surface area contributed by atoms with Crippen LogP contribution in [0, 0.1) is 0 Å². The van der Waals surface area contributed by atoms with E-state index >= 15 is 0 Å². The number of carbonyl (C=O) groups excluding carboxylic acids is 2. The van der Waals surface area contributed by atoms with E-state index in [2.05, 4.69) is 0 Å². The first kappa shape index (κ1) is 20.9. The van der Waals surface area contributed by atoms with E-state index in [9.17, 15) is 14.7 Å². The van der Waals surface area contributed by atoms with Gasteiger partial charge in [0.05, 0.1) is 13.2 Å². The van der Waals surface area contributed by atoms with Gasteiger partial charge in [0.2, 0.25) is 5.75 Å². The Morgan fingerprint density at radius 3 is 2.19 bits per heavy atom. The number of rotatable bonds is 9. The number of carbonyl (C=O) groups is 2. The number of phenolic OH excluding ortho intramolecular Hbond substituents is 1. The minimum absolute atomic E-state index is 0.106. The highest BCUT2D eigenvalue weighted by Crippen LogP contribution is 2.48. The van der Waals surface area contributed by atoms with Crippen LogP contribution in [-0.2, 0) is 31.3 Å². The molecule has 27 heavy (non-hydrogen) atoms. The summed E-state index contributed by atoms with van der Waals surface area (Å²) in [5.74, 6) is -2.45. The molecule has 150 valence electrons. The molecule has 0 spiro atoms. The van der Waals surface area contributed by atoms with Crippen molar-refractivity contribution < 1.29 is 33.6 Å². The van der Waals surface area contributed by atoms with Crippen LogP contribution >= 0.6 is 0 Å². The maximum Gasteiger partial charge on any atom is 0.320 e. The lowest BCUT2D eigenvalue weighted by Crippen LogP contribution is -2.43. The van der Waals surface area contributed by atoms with Gasteiger partial charge in [-0.1, -0.05) is 20.3 Å². The highest BCUT2D eigenvalue weighted by molar-refractivity contribution is 5.93. The van der Waals surface area contributed by atoms with Gasteiger partial charge in [-0.05, 0) is 32.8 Å². The lowest BCUT2D eigenvalue weighted by atomic mass is 9.91. The van der Waals surface area contributed by atoms with Crippen molar-refractivity contribution in [3.05, 3.63) is 17.2 Å². The van der Waals surface area contributed by atoms with Gasteiger partial charge in [0, 0.05) is 17.5 Å². The van der Waals surface area contributed by atoms with Gasteiger partial charge in [0.15, 0.2) is 11.5 Å². The molecule has 0 radical (unpaired) electrons. The van der Waals surface area contributed by atoms with Gasteiger partial charge in [0.25, 0.3) is 5.79 Å². The van der Waals surface area contributed by atoms with Gasteiger partial charge in [-0.3, -0.25) is 9.59 Å². The van der Waals surface area contributed by atoms with E-state index in [1.165, 1.54) is 0 Å². The molecular weight excluding hydrogens is 352 g/mol. The first-order valence-corrected chi connectivity index (χ1v) is 9.50. The largest absolute Gasteiger partial charge is 0.502 e. The topological polar surface area (TPSA) is 91.3 Å². The number of hydrogen-bond acceptors (Lipinski definition) is 7. The molecule has 1 aromatic carbocycles. The lowest BCUT2D eigenvalue weighted by molar-refractivity contribution is -0.252. The zero-order chi connectivity index (χ0) is 20.0. The summed E-state index contributed by atoms with van der Waals surface area (Å²) in [6, 6.07) is 1.59. The van der Waals surface area contributed by atoms with Gasteiger partial charge in [-0.2, -0.15) is 0 Å². The first-order valence-electron chi connectivity index (χ1n) is 9.50. The fraction of sp³-hybridized carbons (Fsp3) is 0.600. The average molecular weight is 380 g/mol. The second-order valence-corrected chi connectivity index (χ2v) is 6.32. The predicted molar refractivity (Wildman–Crippen MR) is 97.8 cm³/mol. The summed E-state index contributed by atoms with van der Waals surface area (Å²) in [5, 5.41) is 10.6. The van der Waals surface area contributed by atoms with E-state index in [1.54, 1.807) is 13.0 Å². The fourth-order valence-corrected chi connectivity index (χ4v) is 3.32. The second kappa shape index (κ2) is 8.97. The van der Waals surface area contributed by atoms with Crippen LogP contribution < -0.4 is 9.47 Å². The molecule has 7 nitrogen and oxygen atoms in total. The molecule has 0 bridgehead atoms. The Bertz CT molecular complexity index is 680. The number of ether oxygens (including phenoxy) is 4. The lowest BCUT2D eigenvalue weighted by Gasteiger charge is -2.37. The monoisotopic (exact) mass is 380 g/mol. The molecule has 0 unspecified atom stereocenters. The van der Waals surface area contributed by atoms with Crippen LogP contribution in [0.3, 0.4) is 0 Å². The molecule has 1 fully saturated rings. The van der Waals surface area contributed by atoms with E-state index in [0.717, 1.165) is 6.42 Å². The minimum atomic E-state index is -1.54. The van der Waals surface area contributed by atoms with Crippen LogP contribution in [0.5, 0.6) is 17.2 Å². The predicted octanol–water partition coefficient (Wildman–Crippen LogP) is 3.59. The highest BCUT2D eigenvalue weighted by Gasteiger charge is 2.47. The summed E-state index contributed by atoms with van der Waals surface area (Å²) in [6.45, 7) is 8.15. The van der Waals surface area contributed by atoms with Crippen molar-refractivity contribution in [1.82, 2.24) is 0 Å². The smallest absolute Gasteiger partial charge is 0.320 e. The number of phenols is 1. The summed E-state index contributed by atoms with van der Waals surface area (Å²) in [7, 11) is 0. The first-order chi connectivity index (χ1) is 12.9. The quantitative estimate of drug-likeness (QED) is 0.517. The second-order valence-electron chi connectivity index (χ2n) is 6.32. The Labute approximate surface area is 159 Å². The third kappa shape index (κ3) is 4.28. The van der Waals surface area contributed by atoms with Gasteiger partial charge >= 0.3 is 11.9 Å². The molecule has 0 aromatic heterocycles. The van der Waals surface area contributed by atoms with E-state index in [-0.39, 0.29) is 17.2 Å². The van der Waals surface area contributed by atoms with Crippen molar-refractivity contribution in [1.29, 1.82) is 0 Å².